The number of nitrogens with one attached hydrogen (secondary N) is 2. The fraction of sp³-hybridized carbons (Fsp3) is 0.478. The Labute approximate surface area is 186 Å². The smallest absolute Gasteiger partial charge is 0.349 e. The molecule has 0 aliphatic carbocycles. The predicted molar refractivity (Wildman–Crippen MR) is 125 cm³/mol. The Balaban J connectivity index is 1.59. The fourth-order valence-corrected chi connectivity index (χ4v) is 4.49. The number of thiophene rings is 1. The molecule has 3 rings (SSSR count). The number of unbranched alkanes of at least 4 members (excludes halogenated alkanes) is 5. The van der Waals surface area contributed by atoms with E-state index in [-0.39, 0.29) is 11.9 Å². The first kappa shape index (κ1) is 22.9. The number of carbonyl (C=O) groups is 1. The van der Waals surface area contributed by atoms with Crippen molar-refractivity contribution in [3.05, 3.63) is 51.0 Å². The zero-order valence-corrected chi connectivity index (χ0v) is 19.0. The molecule has 0 fully saturated rings. The topological polar surface area (TPSA) is 97.1 Å². The molecule has 0 aliphatic heterocycles. The minimum atomic E-state index is -0.460. The first-order chi connectivity index (χ1) is 15.1. The highest BCUT2D eigenvalue weighted by molar-refractivity contribution is 7.20. The van der Waals surface area contributed by atoms with Crippen molar-refractivity contribution in [2.75, 3.05) is 18.4 Å². The SMILES string of the molecule is CCCCCCCCNc1nc2sc(C(=O)NCCc3cccnc3)c(C)c2c(=O)o1. The minimum absolute atomic E-state index is 0.203. The third-order valence-corrected chi connectivity index (χ3v) is 6.34. The predicted octanol–water partition coefficient (Wildman–Crippen LogP) is 4.70. The van der Waals surface area contributed by atoms with Crippen LogP contribution >= 0.6 is 11.3 Å². The van der Waals surface area contributed by atoms with Gasteiger partial charge in [-0.1, -0.05) is 45.1 Å². The number of aryl methyl sites for hydroxylation is 1. The standard InChI is InChI=1S/C23H30N4O3S/c1-3-4-5-6-7-8-13-26-23-27-21-18(22(29)30-23)16(2)19(31-21)20(28)25-14-11-17-10-9-12-24-15-17/h9-10,12,15H,3-8,11,13-14H2,1-2H3,(H,25,28)(H,26,27). The molecule has 0 bridgehead atoms. The Bertz CT molecular complexity index is 1050. The van der Waals surface area contributed by atoms with E-state index >= 15 is 0 Å². The van der Waals surface area contributed by atoms with Crippen LogP contribution in [0, 0.1) is 6.92 Å². The maximum Gasteiger partial charge on any atom is 0.349 e. The lowest BCUT2D eigenvalue weighted by molar-refractivity contribution is 0.0957. The number of rotatable bonds is 12. The van der Waals surface area contributed by atoms with E-state index in [2.05, 4.69) is 27.5 Å². The lowest BCUT2D eigenvalue weighted by Crippen LogP contribution is -2.25. The van der Waals surface area contributed by atoms with Gasteiger partial charge in [0.1, 0.15) is 10.2 Å². The molecule has 0 aliphatic rings. The molecule has 7 nitrogen and oxygen atoms in total. The Kier molecular flexibility index (Phi) is 8.58. The molecule has 31 heavy (non-hydrogen) atoms. The van der Waals surface area contributed by atoms with Crippen molar-refractivity contribution in [3.63, 3.8) is 0 Å². The molecule has 166 valence electrons. The molecular formula is C23H30N4O3S. The van der Waals surface area contributed by atoms with Crippen molar-refractivity contribution in [1.82, 2.24) is 15.3 Å². The molecular weight excluding hydrogens is 412 g/mol. The van der Waals surface area contributed by atoms with Gasteiger partial charge in [0, 0.05) is 25.5 Å². The largest absolute Gasteiger partial charge is 0.389 e. The first-order valence-corrected chi connectivity index (χ1v) is 11.8. The van der Waals surface area contributed by atoms with Crippen molar-refractivity contribution >= 4 is 33.5 Å². The monoisotopic (exact) mass is 442 g/mol. The summed E-state index contributed by atoms with van der Waals surface area (Å²) in [5, 5.41) is 6.40. The van der Waals surface area contributed by atoms with Crippen LogP contribution in [0.2, 0.25) is 0 Å². The van der Waals surface area contributed by atoms with E-state index in [1.807, 2.05) is 12.1 Å². The van der Waals surface area contributed by atoms with Gasteiger partial charge in [0.15, 0.2) is 0 Å². The Hall–Kier alpha value is -2.74. The van der Waals surface area contributed by atoms with Gasteiger partial charge in [0.2, 0.25) is 0 Å². The molecule has 0 saturated carbocycles. The molecule has 0 saturated heterocycles. The van der Waals surface area contributed by atoms with Gasteiger partial charge in [0.05, 0.1) is 4.88 Å². The van der Waals surface area contributed by atoms with Crippen LogP contribution in [0.5, 0.6) is 0 Å². The molecule has 0 unspecified atom stereocenters. The van der Waals surface area contributed by atoms with Crippen molar-refractivity contribution in [2.24, 2.45) is 0 Å². The average molecular weight is 443 g/mol. The summed E-state index contributed by atoms with van der Waals surface area (Å²) in [4.78, 5) is 34.7. The second-order valence-electron chi connectivity index (χ2n) is 7.60. The summed E-state index contributed by atoms with van der Waals surface area (Å²) in [7, 11) is 0. The number of hydrogen-bond donors (Lipinski definition) is 2. The van der Waals surface area contributed by atoms with Crippen LogP contribution in [0.1, 0.15) is 66.2 Å². The number of aromatic nitrogens is 2. The van der Waals surface area contributed by atoms with Gasteiger partial charge in [-0.05, 0) is 37.0 Å². The summed E-state index contributed by atoms with van der Waals surface area (Å²) in [6.45, 7) is 5.16. The number of nitrogens with zero attached hydrogens (tertiary/aromatic N) is 2. The zero-order chi connectivity index (χ0) is 22.1. The van der Waals surface area contributed by atoms with E-state index in [1.54, 1.807) is 19.3 Å². The van der Waals surface area contributed by atoms with Crippen LogP contribution in [0.15, 0.2) is 33.7 Å². The molecule has 1 amide bonds. The van der Waals surface area contributed by atoms with Crippen molar-refractivity contribution in [2.45, 2.75) is 58.8 Å². The normalized spacial score (nSPS) is 11.0. The molecule has 3 aromatic rings. The number of carbonyl (C=O) groups excluding carboxylic acids is 1. The summed E-state index contributed by atoms with van der Waals surface area (Å²) in [6.07, 6.45) is 11.3. The van der Waals surface area contributed by atoms with Gasteiger partial charge in [-0.15, -0.1) is 11.3 Å². The van der Waals surface area contributed by atoms with Crippen LogP contribution in [-0.4, -0.2) is 29.0 Å². The summed E-state index contributed by atoms with van der Waals surface area (Å²) < 4.78 is 5.34. The van der Waals surface area contributed by atoms with Crippen LogP contribution < -0.4 is 16.3 Å². The molecule has 0 atom stereocenters. The highest BCUT2D eigenvalue weighted by Crippen LogP contribution is 2.28. The summed E-state index contributed by atoms with van der Waals surface area (Å²) in [5.41, 5.74) is 1.21. The van der Waals surface area contributed by atoms with Gasteiger partial charge in [-0.2, -0.15) is 4.98 Å². The molecule has 3 heterocycles. The maximum absolute atomic E-state index is 12.6. The maximum atomic E-state index is 12.6. The van der Waals surface area contributed by atoms with Gasteiger partial charge in [-0.3, -0.25) is 9.78 Å². The number of amides is 1. The second-order valence-corrected chi connectivity index (χ2v) is 8.60. The van der Waals surface area contributed by atoms with Gasteiger partial charge < -0.3 is 15.1 Å². The second kappa shape index (κ2) is 11.6. The van der Waals surface area contributed by atoms with Crippen LogP contribution in [0.3, 0.4) is 0 Å². The van der Waals surface area contributed by atoms with Crippen LogP contribution in [0.4, 0.5) is 6.01 Å². The number of fused-ring (bicyclic) bond motifs is 1. The number of anilines is 1. The zero-order valence-electron chi connectivity index (χ0n) is 18.2. The van der Waals surface area contributed by atoms with E-state index in [0.717, 1.165) is 18.4 Å². The third-order valence-electron chi connectivity index (χ3n) is 5.16. The highest BCUT2D eigenvalue weighted by atomic mass is 32.1. The molecule has 2 N–H and O–H groups in total. The van der Waals surface area contributed by atoms with E-state index in [9.17, 15) is 9.59 Å². The highest BCUT2D eigenvalue weighted by Gasteiger charge is 2.20. The van der Waals surface area contributed by atoms with E-state index in [4.69, 9.17) is 4.42 Å². The van der Waals surface area contributed by atoms with Crippen LogP contribution in [-0.2, 0) is 6.42 Å². The van der Waals surface area contributed by atoms with E-state index in [0.29, 0.717) is 40.2 Å². The number of hydrogen-bond acceptors (Lipinski definition) is 7. The van der Waals surface area contributed by atoms with Crippen LogP contribution in [0.25, 0.3) is 10.2 Å². The van der Waals surface area contributed by atoms with E-state index in [1.165, 1.54) is 37.0 Å². The van der Waals surface area contributed by atoms with Crippen molar-refractivity contribution in [3.8, 4) is 0 Å². The van der Waals surface area contributed by atoms with E-state index < -0.39 is 5.63 Å². The Morgan fingerprint density at radius 2 is 1.97 bits per heavy atom. The lowest BCUT2D eigenvalue weighted by atomic mass is 10.1. The first-order valence-electron chi connectivity index (χ1n) is 11.0. The van der Waals surface area contributed by atoms with Gasteiger partial charge in [-0.25, -0.2) is 4.79 Å². The van der Waals surface area contributed by atoms with Crippen molar-refractivity contribution in [1.29, 1.82) is 0 Å². The van der Waals surface area contributed by atoms with Crippen molar-refractivity contribution < 1.29 is 9.21 Å². The quantitative estimate of drug-likeness (QED) is 0.395. The minimum Gasteiger partial charge on any atom is -0.389 e. The Morgan fingerprint density at radius 3 is 2.74 bits per heavy atom. The average Bonchev–Trinajstić information content (AvgIpc) is 3.10. The summed E-state index contributed by atoms with van der Waals surface area (Å²) in [6, 6.07) is 4.06. The molecule has 3 aromatic heterocycles. The molecule has 0 radical (unpaired) electrons. The van der Waals surface area contributed by atoms with Gasteiger partial charge in [0.25, 0.3) is 11.9 Å². The molecule has 8 heteroatoms. The fourth-order valence-electron chi connectivity index (χ4n) is 3.41. The third kappa shape index (κ3) is 6.37. The molecule has 0 aromatic carbocycles. The number of pyridine rings is 1. The molecule has 0 spiro atoms. The Morgan fingerprint density at radius 1 is 1.16 bits per heavy atom. The lowest BCUT2D eigenvalue weighted by Gasteiger charge is -2.04. The van der Waals surface area contributed by atoms with Gasteiger partial charge >= 0.3 is 5.63 Å². The summed E-state index contributed by atoms with van der Waals surface area (Å²) >= 11 is 1.22. The summed E-state index contributed by atoms with van der Waals surface area (Å²) in [5.74, 6) is -0.203.